The van der Waals surface area contributed by atoms with E-state index in [9.17, 15) is 8.42 Å². The van der Waals surface area contributed by atoms with Gasteiger partial charge in [-0.05, 0) is 46.3 Å². The maximum absolute atomic E-state index is 12.8. The Bertz CT molecular complexity index is 544. The standard InChI is InChI=1S/C17H31N3O2S/c1-16(2)19(5)23(21,22)20(15-14-18(3)4)13-9-12-17-10-7-6-8-11-17/h6-8,10-11,16H,9,12-15H2,1-5H3. The predicted molar refractivity (Wildman–Crippen MR) is 96.7 cm³/mol. The Morgan fingerprint density at radius 3 is 2.09 bits per heavy atom. The van der Waals surface area contributed by atoms with Crippen molar-refractivity contribution in [2.75, 3.05) is 40.8 Å². The van der Waals surface area contributed by atoms with Crippen LogP contribution < -0.4 is 0 Å². The van der Waals surface area contributed by atoms with Gasteiger partial charge in [0.15, 0.2) is 0 Å². The second kappa shape index (κ2) is 9.37. The largest absolute Gasteiger partial charge is 0.308 e. The van der Waals surface area contributed by atoms with E-state index in [1.165, 1.54) is 9.87 Å². The zero-order chi connectivity index (χ0) is 17.5. The molecule has 0 spiro atoms. The monoisotopic (exact) mass is 341 g/mol. The molecule has 0 bridgehead atoms. The van der Waals surface area contributed by atoms with E-state index >= 15 is 0 Å². The molecule has 0 radical (unpaired) electrons. The summed E-state index contributed by atoms with van der Waals surface area (Å²) in [4.78, 5) is 2.01. The van der Waals surface area contributed by atoms with Gasteiger partial charge in [-0.3, -0.25) is 0 Å². The van der Waals surface area contributed by atoms with Crippen LogP contribution in [0.5, 0.6) is 0 Å². The topological polar surface area (TPSA) is 43.9 Å². The highest BCUT2D eigenvalue weighted by atomic mass is 32.2. The lowest BCUT2D eigenvalue weighted by Gasteiger charge is -2.30. The molecule has 0 aliphatic heterocycles. The van der Waals surface area contributed by atoms with Crippen LogP contribution in [0.3, 0.4) is 0 Å². The highest BCUT2D eigenvalue weighted by molar-refractivity contribution is 7.86. The van der Waals surface area contributed by atoms with Gasteiger partial charge in [0.1, 0.15) is 0 Å². The Balaban J connectivity index is 2.72. The Morgan fingerprint density at radius 2 is 1.57 bits per heavy atom. The van der Waals surface area contributed by atoms with E-state index in [1.54, 1.807) is 11.4 Å². The number of hydrogen-bond acceptors (Lipinski definition) is 3. The van der Waals surface area contributed by atoms with Crippen LogP contribution in [-0.4, -0.2) is 68.7 Å². The van der Waals surface area contributed by atoms with Gasteiger partial charge in [0.2, 0.25) is 0 Å². The van der Waals surface area contributed by atoms with Crippen molar-refractivity contribution in [3.63, 3.8) is 0 Å². The number of nitrogens with zero attached hydrogens (tertiary/aromatic N) is 3. The van der Waals surface area contributed by atoms with Crippen LogP contribution in [0, 0.1) is 0 Å². The summed E-state index contributed by atoms with van der Waals surface area (Å²) in [5.74, 6) is 0. The number of rotatable bonds is 10. The summed E-state index contributed by atoms with van der Waals surface area (Å²) in [7, 11) is 2.16. The van der Waals surface area contributed by atoms with Crippen LogP contribution in [0.1, 0.15) is 25.8 Å². The molecule has 0 unspecified atom stereocenters. The van der Waals surface area contributed by atoms with Crippen LogP contribution in [0.15, 0.2) is 30.3 Å². The van der Waals surface area contributed by atoms with E-state index in [0.29, 0.717) is 13.1 Å². The molecule has 0 aromatic heterocycles. The van der Waals surface area contributed by atoms with Gasteiger partial charge in [-0.25, -0.2) is 0 Å². The zero-order valence-corrected chi connectivity index (χ0v) is 15.9. The van der Waals surface area contributed by atoms with E-state index in [4.69, 9.17) is 0 Å². The molecular formula is C17H31N3O2S. The van der Waals surface area contributed by atoms with Crippen LogP contribution in [-0.2, 0) is 16.6 Å². The molecule has 1 rings (SSSR count). The normalized spacial score (nSPS) is 12.7. The first-order chi connectivity index (χ1) is 10.7. The van der Waals surface area contributed by atoms with Crippen LogP contribution in [0.4, 0.5) is 0 Å². The van der Waals surface area contributed by atoms with Crippen molar-refractivity contribution in [3.05, 3.63) is 35.9 Å². The summed E-state index contributed by atoms with van der Waals surface area (Å²) in [5, 5.41) is 0. The van der Waals surface area contributed by atoms with Crippen molar-refractivity contribution < 1.29 is 8.42 Å². The first-order valence-corrected chi connectivity index (χ1v) is 9.56. The molecule has 0 aliphatic carbocycles. The maximum atomic E-state index is 12.8. The van der Waals surface area contributed by atoms with Gasteiger partial charge in [0.25, 0.3) is 10.2 Å². The number of hydrogen-bond donors (Lipinski definition) is 0. The van der Waals surface area contributed by atoms with Gasteiger partial charge in [0, 0.05) is 32.7 Å². The van der Waals surface area contributed by atoms with Gasteiger partial charge < -0.3 is 4.90 Å². The fraction of sp³-hybridized carbons (Fsp3) is 0.647. The third-order valence-electron chi connectivity index (χ3n) is 3.93. The maximum Gasteiger partial charge on any atom is 0.281 e. The van der Waals surface area contributed by atoms with Crippen molar-refractivity contribution >= 4 is 10.2 Å². The van der Waals surface area contributed by atoms with Crippen molar-refractivity contribution in [1.29, 1.82) is 0 Å². The second-order valence-corrected chi connectivity index (χ2v) is 8.40. The van der Waals surface area contributed by atoms with E-state index in [1.807, 2.05) is 51.0 Å². The van der Waals surface area contributed by atoms with E-state index < -0.39 is 10.2 Å². The van der Waals surface area contributed by atoms with Gasteiger partial charge in [-0.2, -0.15) is 17.0 Å². The number of aryl methyl sites for hydroxylation is 1. The first-order valence-electron chi connectivity index (χ1n) is 8.17. The van der Waals surface area contributed by atoms with Crippen molar-refractivity contribution in [2.24, 2.45) is 0 Å². The SMILES string of the molecule is CC(C)N(C)S(=O)(=O)N(CCCc1ccccc1)CCN(C)C. The minimum atomic E-state index is -3.41. The molecule has 132 valence electrons. The number of likely N-dealkylation sites (N-methyl/N-ethyl adjacent to an activating group) is 1. The van der Waals surface area contributed by atoms with Gasteiger partial charge in [-0.1, -0.05) is 30.3 Å². The van der Waals surface area contributed by atoms with E-state index in [0.717, 1.165) is 19.4 Å². The summed E-state index contributed by atoms with van der Waals surface area (Å²) in [5.41, 5.74) is 1.25. The molecule has 1 aromatic carbocycles. The summed E-state index contributed by atoms with van der Waals surface area (Å²) < 4.78 is 28.6. The van der Waals surface area contributed by atoms with Gasteiger partial charge >= 0.3 is 0 Å². The van der Waals surface area contributed by atoms with Crippen LogP contribution >= 0.6 is 0 Å². The molecule has 0 saturated heterocycles. The average molecular weight is 342 g/mol. The Hall–Kier alpha value is -0.950. The molecule has 0 N–H and O–H groups in total. The molecular weight excluding hydrogens is 310 g/mol. The summed E-state index contributed by atoms with van der Waals surface area (Å²) in [6, 6.07) is 10.1. The highest BCUT2D eigenvalue weighted by Crippen LogP contribution is 2.12. The summed E-state index contributed by atoms with van der Waals surface area (Å²) in [6.45, 7) is 5.57. The third-order valence-corrected chi connectivity index (χ3v) is 6.10. The molecule has 0 saturated carbocycles. The fourth-order valence-corrected chi connectivity index (χ4v) is 3.78. The zero-order valence-electron chi connectivity index (χ0n) is 15.1. The third kappa shape index (κ3) is 6.59. The minimum Gasteiger partial charge on any atom is -0.308 e. The molecule has 23 heavy (non-hydrogen) atoms. The van der Waals surface area contributed by atoms with Crippen LogP contribution in [0.2, 0.25) is 0 Å². The Labute approximate surface area is 142 Å². The molecule has 6 heteroatoms. The van der Waals surface area contributed by atoms with E-state index in [-0.39, 0.29) is 6.04 Å². The summed E-state index contributed by atoms with van der Waals surface area (Å²) >= 11 is 0. The van der Waals surface area contributed by atoms with Crippen LogP contribution in [0.25, 0.3) is 0 Å². The highest BCUT2D eigenvalue weighted by Gasteiger charge is 2.28. The molecule has 0 aliphatic rings. The quantitative estimate of drug-likeness (QED) is 0.654. The fourth-order valence-electron chi connectivity index (χ4n) is 2.21. The average Bonchev–Trinajstić information content (AvgIpc) is 2.50. The van der Waals surface area contributed by atoms with Crippen molar-refractivity contribution in [3.8, 4) is 0 Å². The van der Waals surface area contributed by atoms with Gasteiger partial charge in [0.05, 0.1) is 0 Å². The lowest BCUT2D eigenvalue weighted by Crippen LogP contribution is -2.47. The molecule has 1 aromatic rings. The molecule has 5 nitrogen and oxygen atoms in total. The molecule has 0 amide bonds. The van der Waals surface area contributed by atoms with Gasteiger partial charge in [-0.15, -0.1) is 0 Å². The molecule has 0 heterocycles. The smallest absolute Gasteiger partial charge is 0.281 e. The summed E-state index contributed by atoms with van der Waals surface area (Å²) in [6.07, 6.45) is 1.71. The van der Waals surface area contributed by atoms with Crippen molar-refractivity contribution in [1.82, 2.24) is 13.5 Å². The first kappa shape index (κ1) is 20.1. The number of benzene rings is 1. The van der Waals surface area contributed by atoms with E-state index in [2.05, 4.69) is 12.1 Å². The molecule has 0 fully saturated rings. The predicted octanol–water partition coefficient (Wildman–Crippen LogP) is 2.07. The lowest BCUT2D eigenvalue weighted by molar-refractivity contribution is 0.299. The Kier molecular flexibility index (Phi) is 8.19. The lowest BCUT2D eigenvalue weighted by atomic mass is 10.1. The molecule has 0 atom stereocenters. The Morgan fingerprint density at radius 1 is 0.957 bits per heavy atom. The second-order valence-electron chi connectivity index (χ2n) is 6.41. The van der Waals surface area contributed by atoms with Crippen molar-refractivity contribution in [2.45, 2.75) is 32.7 Å². The minimum absolute atomic E-state index is 0.0454.